The van der Waals surface area contributed by atoms with Crippen molar-refractivity contribution in [1.82, 2.24) is 5.32 Å². The molecule has 1 amide bonds. The fraction of sp³-hybridized carbons (Fsp3) is 0.391. The van der Waals surface area contributed by atoms with Gasteiger partial charge in [-0.1, -0.05) is 65.8 Å². The molecule has 30 heavy (non-hydrogen) atoms. The van der Waals surface area contributed by atoms with E-state index in [1.54, 1.807) is 20.8 Å². The second-order valence-electron chi connectivity index (χ2n) is 8.11. The van der Waals surface area contributed by atoms with Crippen molar-refractivity contribution in [1.29, 1.82) is 0 Å². The minimum Gasteiger partial charge on any atom is -0.444 e. The molecule has 0 fully saturated rings. The van der Waals surface area contributed by atoms with Crippen LogP contribution in [0.5, 0.6) is 0 Å². The Hall–Kier alpha value is -3.31. The van der Waals surface area contributed by atoms with Gasteiger partial charge in [0.15, 0.2) is 5.78 Å². The van der Waals surface area contributed by atoms with Crippen molar-refractivity contribution in [2.75, 3.05) is 0 Å². The van der Waals surface area contributed by atoms with Crippen LogP contribution >= 0.6 is 0 Å². The van der Waals surface area contributed by atoms with Crippen LogP contribution < -0.4 is 5.32 Å². The van der Waals surface area contributed by atoms with Crippen molar-refractivity contribution in [3.8, 4) is 0 Å². The number of rotatable bonds is 9. The van der Waals surface area contributed by atoms with Crippen LogP contribution in [-0.2, 0) is 22.4 Å². The Morgan fingerprint density at radius 3 is 2.03 bits per heavy atom. The normalized spacial score (nSPS) is 12.9. The number of carbonyl (C=O) groups is 2. The maximum atomic E-state index is 13.1. The van der Waals surface area contributed by atoms with E-state index in [0.717, 1.165) is 11.1 Å². The molecule has 2 atom stereocenters. The largest absolute Gasteiger partial charge is 0.444 e. The van der Waals surface area contributed by atoms with Crippen LogP contribution in [0, 0.1) is 0 Å². The number of nitrogens with one attached hydrogen (secondary N) is 1. The van der Waals surface area contributed by atoms with E-state index in [2.05, 4.69) is 15.3 Å². The van der Waals surface area contributed by atoms with E-state index in [-0.39, 0.29) is 12.2 Å². The van der Waals surface area contributed by atoms with E-state index in [1.807, 2.05) is 60.7 Å². The molecule has 0 unspecified atom stereocenters. The Labute approximate surface area is 177 Å². The topological polar surface area (TPSA) is 104 Å². The van der Waals surface area contributed by atoms with Gasteiger partial charge in [0.25, 0.3) is 0 Å². The Morgan fingerprint density at radius 2 is 1.53 bits per heavy atom. The van der Waals surface area contributed by atoms with Gasteiger partial charge in [-0.2, -0.15) is 0 Å². The summed E-state index contributed by atoms with van der Waals surface area (Å²) in [4.78, 5) is 28.3. The van der Waals surface area contributed by atoms with Gasteiger partial charge in [-0.25, -0.2) is 4.79 Å². The van der Waals surface area contributed by atoms with Gasteiger partial charge in [-0.3, -0.25) is 4.79 Å². The first-order valence-electron chi connectivity index (χ1n) is 9.91. The zero-order chi connectivity index (χ0) is 22.0. The van der Waals surface area contributed by atoms with Crippen LogP contribution in [0.4, 0.5) is 4.79 Å². The second-order valence-corrected chi connectivity index (χ2v) is 8.11. The van der Waals surface area contributed by atoms with Crippen LogP contribution in [0.2, 0.25) is 0 Å². The van der Waals surface area contributed by atoms with Gasteiger partial charge in [0.1, 0.15) is 5.60 Å². The van der Waals surface area contributed by atoms with Crippen LogP contribution in [-0.4, -0.2) is 29.6 Å². The highest BCUT2D eigenvalue weighted by molar-refractivity contribution is 5.88. The number of ketones is 1. The van der Waals surface area contributed by atoms with Crippen molar-refractivity contribution in [2.45, 2.75) is 57.7 Å². The smallest absolute Gasteiger partial charge is 0.408 e. The molecule has 0 saturated heterocycles. The average Bonchev–Trinajstić information content (AvgIpc) is 2.68. The standard InChI is InChI=1S/C23H28N4O3/c1-23(2,3)30-22(29)25-20(15-18-12-8-5-9-13-18)21(28)16-19(26-27-24)14-17-10-6-4-7-11-17/h4-13,19-20H,14-16H2,1-3H3,(H,25,29)/t19-,20-/m0/s1. The fourth-order valence-corrected chi connectivity index (χ4v) is 3.03. The molecule has 7 heteroatoms. The van der Waals surface area contributed by atoms with Gasteiger partial charge in [0, 0.05) is 17.4 Å². The molecule has 2 aromatic rings. The molecule has 0 saturated carbocycles. The highest BCUT2D eigenvalue weighted by Crippen LogP contribution is 2.14. The Kier molecular flexibility index (Phi) is 8.44. The first-order valence-corrected chi connectivity index (χ1v) is 9.91. The van der Waals surface area contributed by atoms with Gasteiger partial charge >= 0.3 is 6.09 Å². The number of alkyl carbamates (subject to hydrolysis) is 1. The third-order valence-electron chi connectivity index (χ3n) is 4.33. The quantitative estimate of drug-likeness (QED) is 0.358. The summed E-state index contributed by atoms with van der Waals surface area (Å²) in [5.41, 5.74) is 10.1. The number of ether oxygens (including phenoxy) is 1. The van der Waals surface area contributed by atoms with E-state index in [4.69, 9.17) is 10.3 Å². The molecule has 0 aliphatic heterocycles. The van der Waals surface area contributed by atoms with Crippen molar-refractivity contribution < 1.29 is 14.3 Å². The highest BCUT2D eigenvalue weighted by Gasteiger charge is 2.26. The number of Topliss-reactive ketones (excluding diaryl/α,β-unsaturated/α-hetero) is 1. The number of hydrogen-bond acceptors (Lipinski definition) is 4. The number of nitrogens with zero attached hydrogens (tertiary/aromatic N) is 3. The van der Waals surface area contributed by atoms with Gasteiger partial charge in [0.05, 0.1) is 6.04 Å². The number of hydrogen-bond donors (Lipinski definition) is 1. The Bertz CT molecular complexity index is 872. The molecule has 0 aromatic heterocycles. The summed E-state index contributed by atoms with van der Waals surface area (Å²) >= 11 is 0. The summed E-state index contributed by atoms with van der Waals surface area (Å²) in [7, 11) is 0. The Balaban J connectivity index is 2.14. The molecule has 0 spiro atoms. The maximum Gasteiger partial charge on any atom is 0.408 e. The summed E-state index contributed by atoms with van der Waals surface area (Å²) in [5.74, 6) is -0.210. The third kappa shape index (κ3) is 8.37. The van der Waals surface area contributed by atoms with Crippen molar-refractivity contribution >= 4 is 11.9 Å². The zero-order valence-corrected chi connectivity index (χ0v) is 17.6. The first kappa shape index (κ1) is 23.0. The average molecular weight is 409 g/mol. The van der Waals surface area contributed by atoms with Crippen molar-refractivity contribution in [3.05, 3.63) is 82.2 Å². The summed E-state index contributed by atoms with van der Waals surface area (Å²) in [5, 5.41) is 6.49. The van der Waals surface area contributed by atoms with Crippen LogP contribution in [0.3, 0.4) is 0 Å². The number of benzene rings is 2. The number of azide groups is 1. The molecular formula is C23H28N4O3. The molecule has 0 radical (unpaired) electrons. The summed E-state index contributed by atoms with van der Waals surface area (Å²) in [6.45, 7) is 5.29. The zero-order valence-electron chi connectivity index (χ0n) is 17.6. The van der Waals surface area contributed by atoms with Gasteiger partial charge in [-0.15, -0.1) is 0 Å². The van der Waals surface area contributed by atoms with Crippen LogP contribution in [0.25, 0.3) is 10.4 Å². The molecule has 0 aliphatic rings. The summed E-state index contributed by atoms with van der Waals surface area (Å²) in [6.07, 6.45) is 0.140. The molecule has 0 aliphatic carbocycles. The lowest BCUT2D eigenvalue weighted by Crippen LogP contribution is -2.45. The molecule has 2 rings (SSSR count). The fourth-order valence-electron chi connectivity index (χ4n) is 3.03. The lowest BCUT2D eigenvalue weighted by Gasteiger charge is -2.24. The molecule has 2 aromatic carbocycles. The lowest BCUT2D eigenvalue weighted by atomic mass is 9.95. The maximum absolute atomic E-state index is 13.1. The lowest BCUT2D eigenvalue weighted by molar-refractivity contribution is -0.121. The molecule has 7 nitrogen and oxygen atoms in total. The molecule has 0 bridgehead atoms. The molecule has 0 heterocycles. The van der Waals surface area contributed by atoms with Gasteiger partial charge < -0.3 is 10.1 Å². The predicted octanol–water partition coefficient (Wildman–Crippen LogP) is 5.00. The minimum absolute atomic E-state index is 0.0201. The molecular weight excluding hydrogens is 380 g/mol. The summed E-state index contributed by atoms with van der Waals surface area (Å²) < 4.78 is 5.32. The monoisotopic (exact) mass is 408 g/mol. The second kappa shape index (κ2) is 11.0. The highest BCUT2D eigenvalue weighted by atomic mass is 16.6. The van der Waals surface area contributed by atoms with Crippen molar-refractivity contribution in [3.63, 3.8) is 0 Å². The molecule has 158 valence electrons. The van der Waals surface area contributed by atoms with E-state index >= 15 is 0 Å². The Morgan fingerprint density at radius 1 is 1.00 bits per heavy atom. The van der Waals surface area contributed by atoms with Gasteiger partial charge in [-0.05, 0) is 50.3 Å². The van der Waals surface area contributed by atoms with Crippen LogP contribution in [0.1, 0.15) is 38.3 Å². The van der Waals surface area contributed by atoms with Crippen molar-refractivity contribution in [2.24, 2.45) is 5.11 Å². The van der Waals surface area contributed by atoms with E-state index < -0.39 is 23.8 Å². The summed E-state index contributed by atoms with van der Waals surface area (Å²) in [6, 6.07) is 17.6. The van der Waals surface area contributed by atoms with Crippen LogP contribution in [0.15, 0.2) is 65.8 Å². The number of amides is 1. The van der Waals surface area contributed by atoms with Gasteiger partial charge in [0.2, 0.25) is 0 Å². The number of carbonyl (C=O) groups excluding carboxylic acids is 2. The SMILES string of the molecule is CC(C)(C)OC(=O)N[C@@H](Cc1ccccc1)C(=O)C[C@H](Cc1ccccc1)N=[N+]=[N-]. The predicted molar refractivity (Wildman–Crippen MR) is 116 cm³/mol. The minimum atomic E-state index is -0.783. The third-order valence-corrected chi connectivity index (χ3v) is 4.33. The van der Waals surface area contributed by atoms with E-state index in [9.17, 15) is 9.59 Å². The van der Waals surface area contributed by atoms with E-state index in [0.29, 0.717) is 12.8 Å². The van der Waals surface area contributed by atoms with E-state index in [1.165, 1.54) is 0 Å². The molecule has 1 N–H and O–H groups in total. The first-order chi connectivity index (χ1) is 14.3.